The van der Waals surface area contributed by atoms with Crippen molar-refractivity contribution >= 4 is 17.5 Å². The summed E-state index contributed by atoms with van der Waals surface area (Å²) in [5, 5.41) is 11.6. The van der Waals surface area contributed by atoms with Crippen molar-refractivity contribution in [2.45, 2.75) is 6.42 Å². The van der Waals surface area contributed by atoms with Crippen LogP contribution in [-0.2, 0) is 13.5 Å². The topological polar surface area (TPSA) is 114 Å². The van der Waals surface area contributed by atoms with E-state index in [2.05, 4.69) is 10.1 Å². The van der Waals surface area contributed by atoms with E-state index in [1.54, 1.807) is 12.1 Å². The fourth-order valence-electron chi connectivity index (χ4n) is 1.94. The van der Waals surface area contributed by atoms with Gasteiger partial charge in [-0.3, -0.25) is 9.59 Å². The van der Waals surface area contributed by atoms with Gasteiger partial charge in [0.15, 0.2) is 5.69 Å². The summed E-state index contributed by atoms with van der Waals surface area (Å²) in [5.74, 6) is -1.18. The molecular formula is C17H16FN5O2. The third-order valence-electron chi connectivity index (χ3n) is 3.15. The van der Waals surface area contributed by atoms with Crippen molar-refractivity contribution in [1.82, 2.24) is 9.78 Å². The normalized spacial score (nSPS) is 11.7. The molecule has 0 aliphatic heterocycles. The number of benzene rings is 1. The Morgan fingerprint density at radius 3 is 2.80 bits per heavy atom. The van der Waals surface area contributed by atoms with Crippen LogP contribution in [0.2, 0.25) is 0 Å². The van der Waals surface area contributed by atoms with Crippen molar-refractivity contribution in [1.29, 1.82) is 5.41 Å². The highest BCUT2D eigenvalue weighted by molar-refractivity contribution is 6.08. The molecule has 0 aliphatic rings. The molecule has 3 N–H and O–H groups in total. The lowest BCUT2D eigenvalue weighted by molar-refractivity contribution is 0.0996. The number of nitrogens with zero attached hydrogens (tertiary/aromatic N) is 3. The second-order valence-corrected chi connectivity index (χ2v) is 5.19. The summed E-state index contributed by atoms with van der Waals surface area (Å²) in [6.45, 7) is 0. The Hall–Kier alpha value is -3.42. The zero-order valence-electron chi connectivity index (χ0n) is 13.4. The molecule has 7 nitrogen and oxygen atoms in total. The molecular weight excluding hydrogens is 325 g/mol. The molecule has 1 amide bonds. The third-order valence-corrected chi connectivity index (χ3v) is 3.15. The maximum absolute atomic E-state index is 13.1. The second-order valence-electron chi connectivity index (χ2n) is 5.19. The van der Waals surface area contributed by atoms with Crippen molar-refractivity contribution in [3.05, 3.63) is 76.0 Å². The molecule has 2 rings (SSSR count). The number of nitrogens with two attached hydrogens (primary N) is 1. The number of hydrogen-bond acceptors (Lipinski definition) is 4. The first kappa shape index (κ1) is 17.9. The number of nitrogens with one attached hydrogen (secondary N) is 1. The maximum Gasteiger partial charge on any atom is 0.299 e. The predicted octanol–water partition coefficient (Wildman–Crippen LogP) is 1.24. The van der Waals surface area contributed by atoms with Crippen molar-refractivity contribution in [3.63, 3.8) is 0 Å². The third kappa shape index (κ3) is 5.31. The summed E-state index contributed by atoms with van der Waals surface area (Å²) in [7, 11) is 1.42. The molecule has 128 valence electrons. The van der Waals surface area contributed by atoms with Gasteiger partial charge in [0, 0.05) is 25.2 Å². The van der Waals surface area contributed by atoms with Crippen LogP contribution in [0.25, 0.3) is 0 Å². The Kier molecular flexibility index (Phi) is 5.67. The Bertz CT molecular complexity index is 931. The first-order valence-electron chi connectivity index (χ1n) is 7.28. The standard InChI is InChI=1S/C17H16FN5O2/c1-23-16(24)8-6-14(22-23)17(25)21-15(20)7-5-13(19)10-11-3-2-4-12(18)9-11/h2-9,19H,10H2,1H3,(H2,20,21,25)/b7-5-,19-13?. The van der Waals surface area contributed by atoms with E-state index in [0.29, 0.717) is 5.56 Å². The minimum atomic E-state index is -0.700. The van der Waals surface area contributed by atoms with Crippen LogP contribution in [0.3, 0.4) is 0 Å². The molecule has 0 aliphatic carbocycles. The molecule has 0 bridgehead atoms. The second kappa shape index (κ2) is 7.91. The number of carbonyl (C=O) groups excluding carboxylic acids is 1. The van der Waals surface area contributed by atoms with Gasteiger partial charge in [-0.15, -0.1) is 0 Å². The van der Waals surface area contributed by atoms with Gasteiger partial charge in [0.2, 0.25) is 0 Å². The highest BCUT2D eigenvalue weighted by Crippen LogP contribution is 2.05. The van der Waals surface area contributed by atoms with Gasteiger partial charge in [-0.25, -0.2) is 9.07 Å². The van der Waals surface area contributed by atoms with E-state index in [-0.39, 0.29) is 35.0 Å². The van der Waals surface area contributed by atoms with Crippen molar-refractivity contribution < 1.29 is 9.18 Å². The number of halogens is 1. The number of carbonyl (C=O) groups is 1. The van der Waals surface area contributed by atoms with Crippen LogP contribution in [0.1, 0.15) is 16.1 Å². The number of rotatable bonds is 5. The van der Waals surface area contributed by atoms with Gasteiger partial charge >= 0.3 is 0 Å². The summed E-state index contributed by atoms with van der Waals surface area (Å²) >= 11 is 0. The van der Waals surface area contributed by atoms with Crippen LogP contribution in [0.5, 0.6) is 0 Å². The van der Waals surface area contributed by atoms with Gasteiger partial charge in [0.1, 0.15) is 11.7 Å². The minimum absolute atomic E-state index is 0.0201. The first-order chi connectivity index (χ1) is 11.8. The van der Waals surface area contributed by atoms with E-state index < -0.39 is 5.91 Å². The summed E-state index contributed by atoms with van der Waals surface area (Å²) < 4.78 is 14.1. The minimum Gasteiger partial charge on any atom is -0.384 e. The van der Waals surface area contributed by atoms with Gasteiger partial charge in [-0.05, 0) is 35.9 Å². The molecule has 8 heteroatoms. The summed E-state index contributed by atoms with van der Waals surface area (Å²) in [4.78, 5) is 26.8. The number of aliphatic imine (C=N–C) groups is 1. The van der Waals surface area contributed by atoms with Gasteiger partial charge in [-0.1, -0.05) is 12.1 Å². The van der Waals surface area contributed by atoms with E-state index in [0.717, 1.165) is 4.68 Å². The average Bonchev–Trinajstić information content (AvgIpc) is 2.55. The van der Waals surface area contributed by atoms with Crippen LogP contribution in [0.4, 0.5) is 4.39 Å². The van der Waals surface area contributed by atoms with Crippen LogP contribution in [0, 0.1) is 11.2 Å². The average molecular weight is 341 g/mol. The molecule has 2 aromatic rings. The largest absolute Gasteiger partial charge is 0.384 e. The lowest BCUT2D eigenvalue weighted by Crippen LogP contribution is -2.21. The molecule has 0 radical (unpaired) electrons. The number of aryl methyl sites for hydroxylation is 1. The van der Waals surface area contributed by atoms with E-state index in [1.165, 1.54) is 43.5 Å². The van der Waals surface area contributed by atoms with E-state index >= 15 is 0 Å². The number of hydrogen-bond donors (Lipinski definition) is 2. The highest BCUT2D eigenvalue weighted by Gasteiger charge is 2.07. The Morgan fingerprint density at radius 2 is 2.12 bits per heavy atom. The molecule has 1 aromatic heterocycles. The van der Waals surface area contributed by atoms with Gasteiger partial charge in [0.25, 0.3) is 11.5 Å². The fourth-order valence-corrected chi connectivity index (χ4v) is 1.94. The van der Waals surface area contributed by atoms with Crippen LogP contribution in [-0.4, -0.2) is 27.2 Å². The summed E-state index contributed by atoms with van der Waals surface area (Å²) in [5.41, 5.74) is 6.09. The zero-order valence-corrected chi connectivity index (χ0v) is 13.4. The Morgan fingerprint density at radius 1 is 1.36 bits per heavy atom. The van der Waals surface area contributed by atoms with Crippen molar-refractivity contribution in [2.75, 3.05) is 0 Å². The molecule has 0 fully saturated rings. The van der Waals surface area contributed by atoms with Crippen LogP contribution >= 0.6 is 0 Å². The number of aromatic nitrogens is 2. The van der Waals surface area contributed by atoms with Crippen molar-refractivity contribution in [2.24, 2.45) is 17.8 Å². The van der Waals surface area contributed by atoms with Gasteiger partial charge < -0.3 is 11.1 Å². The van der Waals surface area contributed by atoms with Gasteiger partial charge in [0.05, 0.1) is 0 Å². The first-order valence-corrected chi connectivity index (χ1v) is 7.28. The van der Waals surface area contributed by atoms with E-state index in [1.807, 2.05) is 0 Å². The lowest BCUT2D eigenvalue weighted by atomic mass is 10.1. The van der Waals surface area contributed by atoms with Crippen molar-refractivity contribution in [3.8, 4) is 0 Å². The predicted molar refractivity (Wildman–Crippen MR) is 92.4 cm³/mol. The highest BCUT2D eigenvalue weighted by atomic mass is 19.1. The quantitative estimate of drug-likeness (QED) is 0.629. The maximum atomic E-state index is 13.1. The Labute approximate surface area is 142 Å². The fraction of sp³-hybridized carbons (Fsp3) is 0.118. The lowest BCUT2D eigenvalue weighted by Gasteiger charge is -2.00. The number of amidine groups is 1. The molecule has 0 atom stereocenters. The molecule has 1 aromatic carbocycles. The van der Waals surface area contributed by atoms with Gasteiger partial charge in [-0.2, -0.15) is 10.1 Å². The Balaban J connectivity index is 2.02. The van der Waals surface area contributed by atoms with Crippen LogP contribution in [0.15, 0.2) is 58.3 Å². The molecule has 0 unspecified atom stereocenters. The SMILES string of the molecule is Cn1nc(C(=O)N=C(N)/C=C\C(=N)Cc2cccc(F)c2)ccc1=O. The molecule has 0 saturated heterocycles. The molecule has 0 spiro atoms. The zero-order chi connectivity index (χ0) is 18.4. The number of allylic oxidation sites excluding steroid dienone is 1. The number of amides is 1. The van der Waals surface area contributed by atoms with Crippen LogP contribution < -0.4 is 11.3 Å². The monoisotopic (exact) mass is 341 g/mol. The van der Waals surface area contributed by atoms with E-state index in [4.69, 9.17) is 11.1 Å². The molecule has 25 heavy (non-hydrogen) atoms. The smallest absolute Gasteiger partial charge is 0.299 e. The summed E-state index contributed by atoms with van der Waals surface area (Å²) in [6.07, 6.45) is 2.91. The summed E-state index contributed by atoms with van der Waals surface area (Å²) in [6, 6.07) is 8.41. The van der Waals surface area contributed by atoms with E-state index in [9.17, 15) is 14.0 Å². The molecule has 1 heterocycles. The molecule has 0 saturated carbocycles.